The Morgan fingerprint density at radius 3 is 2.20 bits per heavy atom. The summed E-state index contributed by atoms with van der Waals surface area (Å²) in [5.41, 5.74) is 1.54. The van der Waals surface area contributed by atoms with Crippen molar-refractivity contribution in [1.29, 1.82) is 0 Å². The summed E-state index contributed by atoms with van der Waals surface area (Å²) in [5, 5.41) is 7.87. The van der Waals surface area contributed by atoms with Gasteiger partial charge in [-0.05, 0) is 30.3 Å². The number of anilines is 3. The lowest BCUT2D eigenvalue weighted by molar-refractivity contribution is -0.123. The van der Waals surface area contributed by atoms with Gasteiger partial charge in [-0.3, -0.25) is 14.4 Å². The fraction of sp³-hybridized carbons (Fsp3) is 0.167. The number of carbonyl (C=O) groups is 3. The average Bonchev–Trinajstić information content (AvgIpc) is 2.54. The second-order valence-corrected chi connectivity index (χ2v) is 5.24. The Labute approximate surface area is 145 Å². The standard InChI is InChI=1S/C18H19N3O4/c1-12(22)19-13-6-5-7-14(10-13)20-17(23)11-18(24)21-15-8-3-4-9-16(15)25-2/h3-10H,11H2,1-2H3,(H,19,22)(H,20,23)(H,21,24). The molecule has 0 saturated carbocycles. The van der Waals surface area contributed by atoms with Crippen LogP contribution in [0.4, 0.5) is 17.1 Å². The first-order valence-corrected chi connectivity index (χ1v) is 7.58. The van der Waals surface area contributed by atoms with E-state index in [-0.39, 0.29) is 12.3 Å². The van der Waals surface area contributed by atoms with Crippen molar-refractivity contribution < 1.29 is 19.1 Å². The molecule has 2 rings (SSSR count). The summed E-state index contributed by atoms with van der Waals surface area (Å²) in [6, 6.07) is 13.6. The molecular formula is C18H19N3O4. The van der Waals surface area contributed by atoms with Gasteiger partial charge in [0.1, 0.15) is 12.2 Å². The van der Waals surface area contributed by atoms with E-state index in [1.165, 1.54) is 14.0 Å². The zero-order valence-electron chi connectivity index (χ0n) is 14.0. The lowest BCUT2D eigenvalue weighted by atomic mass is 10.2. The number of para-hydroxylation sites is 2. The zero-order chi connectivity index (χ0) is 18.2. The Morgan fingerprint density at radius 2 is 1.52 bits per heavy atom. The summed E-state index contributed by atoms with van der Waals surface area (Å²) in [6.45, 7) is 1.40. The second-order valence-electron chi connectivity index (χ2n) is 5.24. The normalized spacial score (nSPS) is 9.84. The molecule has 0 heterocycles. The molecule has 0 aromatic heterocycles. The molecule has 2 aromatic rings. The third kappa shape index (κ3) is 5.65. The van der Waals surface area contributed by atoms with Gasteiger partial charge in [0.05, 0.1) is 12.8 Å². The molecule has 0 radical (unpaired) electrons. The van der Waals surface area contributed by atoms with Gasteiger partial charge < -0.3 is 20.7 Å². The first-order chi connectivity index (χ1) is 12.0. The Balaban J connectivity index is 1.93. The van der Waals surface area contributed by atoms with Gasteiger partial charge in [-0.1, -0.05) is 18.2 Å². The minimum atomic E-state index is -0.465. The van der Waals surface area contributed by atoms with Crippen molar-refractivity contribution in [2.45, 2.75) is 13.3 Å². The summed E-state index contributed by atoms with van der Waals surface area (Å²) in [7, 11) is 1.50. The van der Waals surface area contributed by atoms with Gasteiger partial charge in [0.15, 0.2) is 0 Å². The summed E-state index contributed by atoms with van der Waals surface area (Å²) >= 11 is 0. The first-order valence-electron chi connectivity index (χ1n) is 7.58. The number of rotatable bonds is 6. The van der Waals surface area contributed by atoms with Gasteiger partial charge in [-0.2, -0.15) is 0 Å². The molecule has 130 valence electrons. The van der Waals surface area contributed by atoms with Crippen LogP contribution < -0.4 is 20.7 Å². The number of benzene rings is 2. The Bertz CT molecular complexity index is 789. The molecule has 7 heteroatoms. The van der Waals surface area contributed by atoms with Crippen molar-refractivity contribution in [2.75, 3.05) is 23.1 Å². The van der Waals surface area contributed by atoms with Crippen LogP contribution in [0.1, 0.15) is 13.3 Å². The molecule has 0 atom stereocenters. The van der Waals surface area contributed by atoms with Crippen LogP contribution in [-0.4, -0.2) is 24.8 Å². The number of carbonyl (C=O) groups excluding carboxylic acids is 3. The number of hydrogen-bond acceptors (Lipinski definition) is 4. The van der Waals surface area contributed by atoms with Crippen LogP contribution in [0, 0.1) is 0 Å². The molecule has 0 bridgehead atoms. The van der Waals surface area contributed by atoms with E-state index in [0.717, 1.165) is 0 Å². The van der Waals surface area contributed by atoms with Crippen molar-refractivity contribution in [3.63, 3.8) is 0 Å². The third-order valence-corrected chi connectivity index (χ3v) is 3.17. The van der Waals surface area contributed by atoms with E-state index >= 15 is 0 Å². The van der Waals surface area contributed by atoms with E-state index in [1.54, 1.807) is 48.5 Å². The van der Waals surface area contributed by atoms with Gasteiger partial charge in [0, 0.05) is 18.3 Å². The Morgan fingerprint density at radius 1 is 0.880 bits per heavy atom. The van der Waals surface area contributed by atoms with Gasteiger partial charge in [0.2, 0.25) is 17.7 Å². The van der Waals surface area contributed by atoms with Crippen molar-refractivity contribution >= 4 is 34.8 Å². The molecule has 0 aliphatic heterocycles. The van der Waals surface area contributed by atoms with Gasteiger partial charge in [-0.15, -0.1) is 0 Å². The Kier molecular flexibility index (Phi) is 6.11. The number of amides is 3. The molecule has 0 unspecified atom stereocenters. The minimum Gasteiger partial charge on any atom is -0.495 e. The van der Waals surface area contributed by atoms with E-state index in [0.29, 0.717) is 22.8 Å². The van der Waals surface area contributed by atoms with E-state index in [4.69, 9.17) is 4.74 Å². The largest absolute Gasteiger partial charge is 0.495 e. The molecule has 0 aliphatic rings. The zero-order valence-corrected chi connectivity index (χ0v) is 14.0. The quantitative estimate of drug-likeness (QED) is 0.704. The second kappa shape index (κ2) is 8.49. The highest BCUT2D eigenvalue weighted by molar-refractivity contribution is 6.08. The minimum absolute atomic E-state index is 0.209. The molecule has 25 heavy (non-hydrogen) atoms. The van der Waals surface area contributed by atoms with Gasteiger partial charge in [0.25, 0.3) is 0 Å². The maximum atomic E-state index is 12.0. The van der Waals surface area contributed by atoms with Crippen LogP contribution in [0.3, 0.4) is 0 Å². The average molecular weight is 341 g/mol. The Hall–Kier alpha value is -3.35. The van der Waals surface area contributed by atoms with Crippen LogP contribution in [0.5, 0.6) is 5.75 Å². The van der Waals surface area contributed by atoms with Gasteiger partial charge >= 0.3 is 0 Å². The molecule has 3 amide bonds. The highest BCUT2D eigenvalue weighted by Crippen LogP contribution is 2.23. The number of methoxy groups -OCH3 is 1. The van der Waals surface area contributed by atoms with Crippen LogP contribution in [0.25, 0.3) is 0 Å². The van der Waals surface area contributed by atoms with Crippen LogP contribution in [-0.2, 0) is 14.4 Å². The van der Waals surface area contributed by atoms with Crippen molar-refractivity contribution in [3.05, 3.63) is 48.5 Å². The monoisotopic (exact) mass is 341 g/mol. The maximum Gasteiger partial charge on any atom is 0.233 e. The molecule has 0 fully saturated rings. The van der Waals surface area contributed by atoms with Crippen molar-refractivity contribution in [1.82, 2.24) is 0 Å². The SMILES string of the molecule is COc1ccccc1NC(=O)CC(=O)Nc1cccc(NC(C)=O)c1. The smallest absolute Gasteiger partial charge is 0.233 e. The lowest BCUT2D eigenvalue weighted by Crippen LogP contribution is -2.21. The summed E-state index contributed by atoms with van der Waals surface area (Å²) in [4.78, 5) is 35.1. The topological polar surface area (TPSA) is 96.5 Å². The van der Waals surface area contributed by atoms with E-state index in [2.05, 4.69) is 16.0 Å². The van der Waals surface area contributed by atoms with Crippen molar-refractivity contribution in [2.24, 2.45) is 0 Å². The van der Waals surface area contributed by atoms with E-state index < -0.39 is 11.8 Å². The predicted octanol–water partition coefficient (Wildman–Crippen LogP) is 2.62. The third-order valence-electron chi connectivity index (χ3n) is 3.17. The van der Waals surface area contributed by atoms with E-state index in [1.807, 2.05) is 0 Å². The first kappa shape index (κ1) is 18.0. The molecule has 3 N–H and O–H groups in total. The number of hydrogen-bond donors (Lipinski definition) is 3. The maximum absolute atomic E-state index is 12.0. The van der Waals surface area contributed by atoms with Gasteiger partial charge in [-0.25, -0.2) is 0 Å². The molecule has 0 saturated heterocycles. The molecule has 2 aromatic carbocycles. The highest BCUT2D eigenvalue weighted by atomic mass is 16.5. The highest BCUT2D eigenvalue weighted by Gasteiger charge is 2.12. The summed E-state index contributed by atoms with van der Waals surface area (Å²) in [6.07, 6.45) is -0.345. The summed E-state index contributed by atoms with van der Waals surface area (Å²) in [5.74, 6) is -0.619. The van der Waals surface area contributed by atoms with Crippen molar-refractivity contribution in [3.8, 4) is 5.75 Å². The van der Waals surface area contributed by atoms with Crippen LogP contribution in [0.15, 0.2) is 48.5 Å². The summed E-state index contributed by atoms with van der Waals surface area (Å²) < 4.78 is 5.14. The fourth-order valence-corrected chi connectivity index (χ4v) is 2.17. The fourth-order valence-electron chi connectivity index (χ4n) is 2.17. The molecule has 0 aliphatic carbocycles. The predicted molar refractivity (Wildman–Crippen MR) is 95.6 cm³/mol. The number of nitrogens with one attached hydrogen (secondary N) is 3. The molecule has 7 nitrogen and oxygen atoms in total. The van der Waals surface area contributed by atoms with E-state index in [9.17, 15) is 14.4 Å². The van der Waals surface area contributed by atoms with Crippen LogP contribution in [0.2, 0.25) is 0 Å². The molecule has 0 spiro atoms. The number of ether oxygens (including phenoxy) is 1. The molecular weight excluding hydrogens is 322 g/mol. The lowest BCUT2D eigenvalue weighted by Gasteiger charge is -2.10. The van der Waals surface area contributed by atoms with Crippen LogP contribution >= 0.6 is 0 Å².